The van der Waals surface area contributed by atoms with E-state index in [1.165, 1.54) is 4.90 Å². The Morgan fingerprint density at radius 2 is 2.12 bits per heavy atom. The average Bonchev–Trinajstić information content (AvgIpc) is 2.56. The number of rotatable bonds is 3. The number of carboxylic acids is 1. The van der Waals surface area contributed by atoms with Crippen LogP contribution in [0.15, 0.2) is 0 Å². The maximum atomic E-state index is 12.1. The van der Waals surface area contributed by atoms with Gasteiger partial charge in [-0.3, -0.25) is 0 Å². The molecule has 17 heavy (non-hydrogen) atoms. The summed E-state index contributed by atoms with van der Waals surface area (Å²) in [5, 5.41) is 12.2. The van der Waals surface area contributed by atoms with Crippen LogP contribution in [0.5, 0.6) is 0 Å². The Hall–Kier alpha value is -1.30. The van der Waals surface area contributed by atoms with Gasteiger partial charge in [0.1, 0.15) is 6.04 Å². The summed E-state index contributed by atoms with van der Waals surface area (Å²) < 4.78 is 0. The van der Waals surface area contributed by atoms with Gasteiger partial charge in [0.2, 0.25) is 0 Å². The molecule has 0 aromatic carbocycles. The van der Waals surface area contributed by atoms with Gasteiger partial charge in [0.15, 0.2) is 0 Å². The van der Waals surface area contributed by atoms with E-state index in [2.05, 4.69) is 5.32 Å². The molecule has 1 aliphatic rings. The second-order valence-corrected chi connectivity index (χ2v) is 4.25. The molecule has 1 fully saturated rings. The number of urea groups is 1. The van der Waals surface area contributed by atoms with Crippen LogP contribution in [-0.4, -0.2) is 66.2 Å². The number of carboxylic acid groups (broad SMARTS) is 1. The normalized spacial score (nSPS) is 18.4. The zero-order valence-corrected chi connectivity index (χ0v) is 10.5. The molecule has 0 bridgehead atoms. The molecule has 1 aliphatic heterocycles. The highest BCUT2D eigenvalue weighted by Crippen LogP contribution is 2.07. The fourth-order valence-corrected chi connectivity index (χ4v) is 2.01. The molecule has 0 aromatic heterocycles. The Labute approximate surface area is 102 Å². The average molecular weight is 243 g/mol. The standard InChI is InChI=1S/C11H21N3O3/c1-3-9(10(15)16)13(2)11(17)14-7-4-5-12-6-8-14/h9,12H,3-8H2,1-2H3,(H,15,16). The minimum atomic E-state index is -0.948. The zero-order valence-electron chi connectivity index (χ0n) is 10.5. The predicted octanol–water partition coefficient (Wildman–Crippen LogP) is 0.197. The Kier molecular flexibility index (Phi) is 5.21. The van der Waals surface area contributed by atoms with Gasteiger partial charge >= 0.3 is 12.0 Å². The number of nitrogens with zero attached hydrogens (tertiary/aromatic N) is 2. The summed E-state index contributed by atoms with van der Waals surface area (Å²) in [6, 6.07) is -0.929. The largest absolute Gasteiger partial charge is 0.480 e. The van der Waals surface area contributed by atoms with Crippen LogP contribution in [0.4, 0.5) is 4.79 Å². The van der Waals surface area contributed by atoms with Crippen molar-refractivity contribution in [1.29, 1.82) is 0 Å². The van der Waals surface area contributed by atoms with Crippen molar-refractivity contribution in [2.24, 2.45) is 0 Å². The molecule has 6 nitrogen and oxygen atoms in total. The van der Waals surface area contributed by atoms with Crippen molar-refractivity contribution >= 4 is 12.0 Å². The number of amides is 2. The molecular formula is C11H21N3O3. The van der Waals surface area contributed by atoms with Crippen LogP contribution in [0.3, 0.4) is 0 Å². The fraction of sp³-hybridized carbons (Fsp3) is 0.818. The van der Waals surface area contributed by atoms with Gasteiger partial charge in [-0.1, -0.05) is 6.92 Å². The lowest BCUT2D eigenvalue weighted by Gasteiger charge is -2.30. The molecule has 1 unspecified atom stereocenters. The lowest BCUT2D eigenvalue weighted by molar-refractivity contribution is -0.142. The first-order chi connectivity index (χ1) is 8.07. The van der Waals surface area contributed by atoms with Crippen LogP contribution in [0, 0.1) is 0 Å². The van der Waals surface area contributed by atoms with Crippen molar-refractivity contribution < 1.29 is 14.7 Å². The summed E-state index contributed by atoms with van der Waals surface area (Å²) in [7, 11) is 1.56. The number of aliphatic carboxylic acids is 1. The number of hydrogen-bond acceptors (Lipinski definition) is 3. The summed E-state index contributed by atoms with van der Waals surface area (Å²) in [6.45, 7) is 4.77. The van der Waals surface area contributed by atoms with Gasteiger partial charge in [-0.05, 0) is 19.4 Å². The predicted molar refractivity (Wildman–Crippen MR) is 63.9 cm³/mol. The van der Waals surface area contributed by atoms with Crippen molar-refractivity contribution in [3.05, 3.63) is 0 Å². The first-order valence-corrected chi connectivity index (χ1v) is 6.03. The minimum Gasteiger partial charge on any atom is -0.480 e. The second-order valence-electron chi connectivity index (χ2n) is 4.25. The van der Waals surface area contributed by atoms with E-state index >= 15 is 0 Å². The molecule has 1 rings (SSSR count). The van der Waals surface area contributed by atoms with Crippen molar-refractivity contribution in [2.75, 3.05) is 33.2 Å². The third-order valence-corrected chi connectivity index (χ3v) is 3.05. The van der Waals surface area contributed by atoms with E-state index in [1.807, 2.05) is 0 Å². The molecule has 0 aromatic rings. The van der Waals surface area contributed by atoms with E-state index < -0.39 is 12.0 Å². The molecule has 98 valence electrons. The van der Waals surface area contributed by atoms with E-state index in [0.29, 0.717) is 19.5 Å². The van der Waals surface area contributed by atoms with E-state index in [9.17, 15) is 9.59 Å². The van der Waals surface area contributed by atoms with Gasteiger partial charge in [-0.25, -0.2) is 9.59 Å². The summed E-state index contributed by atoms with van der Waals surface area (Å²) in [5.74, 6) is -0.948. The Morgan fingerprint density at radius 3 is 2.71 bits per heavy atom. The van der Waals surface area contributed by atoms with Crippen LogP contribution < -0.4 is 5.32 Å². The highest BCUT2D eigenvalue weighted by atomic mass is 16.4. The highest BCUT2D eigenvalue weighted by molar-refractivity contribution is 5.82. The summed E-state index contributed by atoms with van der Waals surface area (Å²) >= 11 is 0. The zero-order chi connectivity index (χ0) is 12.8. The molecular weight excluding hydrogens is 222 g/mol. The van der Waals surface area contributed by atoms with Crippen LogP contribution >= 0.6 is 0 Å². The van der Waals surface area contributed by atoms with Gasteiger partial charge < -0.3 is 20.2 Å². The highest BCUT2D eigenvalue weighted by Gasteiger charge is 2.28. The van der Waals surface area contributed by atoms with Gasteiger partial charge in [-0.2, -0.15) is 0 Å². The smallest absolute Gasteiger partial charge is 0.326 e. The fourth-order valence-electron chi connectivity index (χ4n) is 2.01. The molecule has 1 heterocycles. The van der Waals surface area contributed by atoms with Crippen LogP contribution in [0.1, 0.15) is 19.8 Å². The van der Waals surface area contributed by atoms with E-state index in [1.54, 1.807) is 18.9 Å². The number of carbonyl (C=O) groups excluding carboxylic acids is 1. The van der Waals surface area contributed by atoms with E-state index in [0.717, 1.165) is 19.5 Å². The molecule has 6 heteroatoms. The Morgan fingerprint density at radius 1 is 1.41 bits per heavy atom. The third kappa shape index (κ3) is 3.59. The number of carbonyl (C=O) groups is 2. The van der Waals surface area contributed by atoms with Crippen LogP contribution in [0.2, 0.25) is 0 Å². The van der Waals surface area contributed by atoms with Crippen LogP contribution in [0.25, 0.3) is 0 Å². The molecule has 1 atom stereocenters. The van der Waals surface area contributed by atoms with Gasteiger partial charge in [-0.15, -0.1) is 0 Å². The van der Waals surface area contributed by atoms with Crippen molar-refractivity contribution in [3.63, 3.8) is 0 Å². The van der Waals surface area contributed by atoms with Gasteiger partial charge in [0, 0.05) is 26.7 Å². The lowest BCUT2D eigenvalue weighted by atomic mass is 10.2. The maximum Gasteiger partial charge on any atom is 0.326 e. The molecule has 2 N–H and O–H groups in total. The van der Waals surface area contributed by atoms with Crippen molar-refractivity contribution in [3.8, 4) is 0 Å². The maximum absolute atomic E-state index is 12.1. The molecule has 1 saturated heterocycles. The van der Waals surface area contributed by atoms with Crippen LogP contribution in [-0.2, 0) is 4.79 Å². The van der Waals surface area contributed by atoms with Crippen molar-refractivity contribution in [1.82, 2.24) is 15.1 Å². The summed E-state index contributed by atoms with van der Waals surface area (Å²) in [6.07, 6.45) is 1.33. The molecule has 0 saturated carbocycles. The van der Waals surface area contributed by atoms with Gasteiger partial charge in [0.25, 0.3) is 0 Å². The third-order valence-electron chi connectivity index (χ3n) is 3.05. The summed E-state index contributed by atoms with van der Waals surface area (Å²) in [4.78, 5) is 26.2. The number of hydrogen-bond donors (Lipinski definition) is 2. The molecule has 0 aliphatic carbocycles. The SMILES string of the molecule is CCC(C(=O)O)N(C)C(=O)N1CCCNCC1. The quantitative estimate of drug-likeness (QED) is 0.742. The van der Waals surface area contributed by atoms with E-state index in [4.69, 9.17) is 5.11 Å². The number of likely N-dealkylation sites (N-methyl/N-ethyl adjacent to an activating group) is 1. The monoisotopic (exact) mass is 243 g/mol. The lowest BCUT2D eigenvalue weighted by Crippen LogP contribution is -2.49. The van der Waals surface area contributed by atoms with Gasteiger partial charge in [0.05, 0.1) is 0 Å². The minimum absolute atomic E-state index is 0.192. The first-order valence-electron chi connectivity index (χ1n) is 6.03. The Balaban J connectivity index is 2.63. The second kappa shape index (κ2) is 6.44. The topological polar surface area (TPSA) is 72.9 Å². The molecule has 0 radical (unpaired) electrons. The Bertz CT molecular complexity index is 275. The van der Waals surface area contributed by atoms with Crippen molar-refractivity contribution in [2.45, 2.75) is 25.8 Å². The number of nitrogens with one attached hydrogen (secondary N) is 1. The van der Waals surface area contributed by atoms with E-state index in [-0.39, 0.29) is 6.03 Å². The summed E-state index contributed by atoms with van der Waals surface area (Å²) in [5.41, 5.74) is 0. The first kappa shape index (κ1) is 13.8. The molecule has 2 amide bonds. The molecule has 0 spiro atoms.